The number of methoxy groups -OCH3 is 2. The van der Waals surface area contributed by atoms with Gasteiger partial charge in [-0.3, -0.25) is 0 Å². The molecule has 3 aromatic rings. The van der Waals surface area contributed by atoms with E-state index in [9.17, 15) is 14.9 Å². The lowest BCUT2D eigenvalue weighted by molar-refractivity contribution is -0.139. The van der Waals surface area contributed by atoms with Crippen molar-refractivity contribution in [1.29, 1.82) is 5.26 Å². The summed E-state index contributed by atoms with van der Waals surface area (Å²) in [5, 5.41) is 9.93. The SMILES string of the molecule is COc1cccc(/C=C(\C#N)C(=O)OCc2cc(=O)oc3cc(OC)ccc23)c1. The van der Waals surface area contributed by atoms with E-state index < -0.39 is 11.6 Å². The molecule has 1 aromatic heterocycles. The van der Waals surface area contributed by atoms with E-state index in [2.05, 4.69) is 0 Å². The minimum Gasteiger partial charge on any atom is -0.497 e. The first-order valence-corrected chi connectivity index (χ1v) is 8.58. The van der Waals surface area contributed by atoms with Crippen LogP contribution in [0.4, 0.5) is 0 Å². The molecule has 7 nitrogen and oxygen atoms in total. The molecule has 0 atom stereocenters. The van der Waals surface area contributed by atoms with Gasteiger partial charge in [-0.25, -0.2) is 9.59 Å². The van der Waals surface area contributed by atoms with E-state index >= 15 is 0 Å². The average Bonchev–Trinajstić information content (AvgIpc) is 2.75. The minimum atomic E-state index is -0.801. The Balaban J connectivity index is 1.83. The Kier molecular flexibility index (Phi) is 5.95. The zero-order chi connectivity index (χ0) is 20.8. The molecule has 0 saturated heterocycles. The van der Waals surface area contributed by atoms with Crippen molar-refractivity contribution in [2.24, 2.45) is 0 Å². The van der Waals surface area contributed by atoms with Crippen LogP contribution in [0.25, 0.3) is 17.0 Å². The molecule has 0 spiro atoms. The highest BCUT2D eigenvalue weighted by molar-refractivity contribution is 5.98. The standard InChI is InChI=1S/C22H17NO6/c1-26-17-5-3-4-14(9-17)8-15(12-23)22(25)28-13-16-10-21(24)29-20-11-18(27-2)6-7-19(16)20/h3-11H,13H2,1-2H3/b15-8+. The summed E-state index contributed by atoms with van der Waals surface area (Å²) in [6, 6.07) is 15.0. The molecule has 0 aliphatic rings. The normalized spacial score (nSPS) is 11.0. The summed E-state index contributed by atoms with van der Waals surface area (Å²) in [5.74, 6) is 0.329. The largest absolute Gasteiger partial charge is 0.497 e. The van der Waals surface area contributed by atoms with Gasteiger partial charge in [-0.2, -0.15) is 5.26 Å². The summed E-state index contributed by atoms with van der Waals surface area (Å²) >= 11 is 0. The summed E-state index contributed by atoms with van der Waals surface area (Å²) in [5.41, 5.74) is 0.647. The summed E-state index contributed by atoms with van der Waals surface area (Å²) in [4.78, 5) is 24.2. The van der Waals surface area contributed by atoms with Crippen molar-refractivity contribution in [1.82, 2.24) is 0 Å². The molecular formula is C22H17NO6. The number of esters is 1. The van der Waals surface area contributed by atoms with Gasteiger partial charge in [0.15, 0.2) is 0 Å². The predicted molar refractivity (Wildman–Crippen MR) is 105 cm³/mol. The molecule has 2 aromatic carbocycles. The van der Waals surface area contributed by atoms with Gasteiger partial charge in [0.2, 0.25) is 0 Å². The van der Waals surface area contributed by atoms with E-state index in [0.29, 0.717) is 33.6 Å². The van der Waals surface area contributed by atoms with Crippen LogP contribution in [-0.2, 0) is 16.1 Å². The lowest BCUT2D eigenvalue weighted by Crippen LogP contribution is -2.09. The lowest BCUT2D eigenvalue weighted by atomic mass is 10.1. The first kappa shape index (κ1) is 19.7. The van der Waals surface area contributed by atoms with Crippen molar-refractivity contribution in [2.75, 3.05) is 14.2 Å². The van der Waals surface area contributed by atoms with Gasteiger partial charge in [0.05, 0.1) is 14.2 Å². The molecule has 0 radical (unpaired) electrons. The van der Waals surface area contributed by atoms with Gasteiger partial charge in [0, 0.05) is 23.1 Å². The number of rotatable bonds is 6. The van der Waals surface area contributed by atoms with E-state index in [1.54, 1.807) is 42.5 Å². The molecule has 0 unspecified atom stereocenters. The molecule has 0 aliphatic carbocycles. The van der Waals surface area contributed by atoms with E-state index in [-0.39, 0.29) is 12.2 Å². The number of benzene rings is 2. The number of carbonyl (C=O) groups excluding carboxylic acids is 1. The quantitative estimate of drug-likeness (QED) is 0.275. The third-order valence-corrected chi connectivity index (χ3v) is 4.14. The predicted octanol–water partition coefficient (Wildman–Crippen LogP) is 3.46. The summed E-state index contributed by atoms with van der Waals surface area (Å²) in [7, 11) is 3.03. The van der Waals surface area contributed by atoms with E-state index in [4.69, 9.17) is 18.6 Å². The Bertz CT molecular complexity index is 1190. The molecule has 1 heterocycles. The van der Waals surface area contributed by atoms with Gasteiger partial charge in [-0.15, -0.1) is 0 Å². The van der Waals surface area contributed by atoms with Crippen LogP contribution in [0.1, 0.15) is 11.1 Å². The molecule has 0 aliphatic heterocycles. The molecule has 0 bridgehead atoms. The monoisotopic (exact) mass is 391 g/mol. The summed E-state index contributed by atoms with van der Waals surface area (Å²) in [6.45, 7) is -0.190. The van der Waals surface area contributed by atoms with Crippen LogP contribution in [0.5, 0.6) is 11.5 Å². The fourth-order valence-corrected chi connectivity index (χ4v) is 2.71. The second-order valence-electron chi connectivity index (χ2n) is 5.98. The Labute approximate surface area is 166 Å². The highest BCUT2D eigenvalue weighted by atomic mass is 16.5. The first-order valence-electron chi connectivity index (χ1n) is 8.58. The van der Waals surface area contributed by atoms with Crippen LogP contribution in [0.2, 0.25) is 0 Å². The highest BCUT2D eigenvalue weighted by Crippen LogP contribution is 2.23. The van der Waals surface area contributed by atoms with Crippen LogP contribution < -0.4 is 15.1 Å². The summed E-state index contributed by atoms with van der Waals surface area (Å²) in [6.07, 6.45) is 1.41. The molecule has 0 saturated carbocycles. The van der Waals surface area contributed by atoms with Crippen molar-refractivity contribution in [2.45, 2.75) is 6.61 Å². The summed E-state index contributed by atoms with van der Waals surface area (Å²) < 4.78 is 20.7. The number of carbonyl (C=O) groups is 1. The number of fused-ring (bicyclic) bond motifs is 1. The van der Waals surface area contributed by atoms with Crippen LogP contribution in [0.15, 0.2) is 63.3 Å². The Hall–Kier alpha value is -4.05. The zero-order valence-electron chi connectivity index (χ0n) is 15.8. The Morgan fingerprint density at radius 1 is 1.10 bits per heavy atom. The van der Waals surface area contributed by atoms with Gasteiger partial charge < -0.3 is 18.6 Å². The molecule has 3 rings (SSSR count). The molecule has 29 heavy (non-hydrogen) atoms. The number of ether oxygens (including phenoxy) is 3. The van der Waals surface area contributed by atoms with Crippen molar-refractivity contribution in [3.63, 3.8) is 0 Å². The number of nitrogens with zero attached hydrogens (tertiary/aromatic N) is 1. The molecule has 7 heteroatoms. The van der Waals surface area contributed by atoms with E-state index in [1.807, 2.05) is 6.07 Å². The smallest absolute Gasteiger partial charge is 0.349 e. The van der Waals surface area contributed by atoms with Gasteiger partial charge >= 0.3 is 11.6 Å². The van der Waals surface area contributed by atoms with Crippen LogP contribution in [0.3, 0.4) is 0 Å². The van der Waals surface area contributed by atoms with Crippen LogP contribution in [-0.4, -0.2) is 20.2 Å². The third kappa shape index (κ3) is 4.62. The molecule has 0 fully saturated rings. The molecule has 0 N–H and O–H groups in total. The van der Waals surface area contributed by atoms with Crippen molar-refractivity contribution >= 4 is 23.0 Å². The van der Waals surface area contributed by atoms with Gasteiger partial charge in [-0.1, -0.05) is 12.1 Å². The number of nitriles is 1. The third-order valence-electron chi connectivity index (χ3n) is 4.14. The highest BCUT2D eigenvalue weighted by Gasteiger charge is 2.14. The lowest BCUT2D eigenvalue weighted by Gasteiger charge is -2.08. The van der Waals surface area contributed by atoms with E-state index in [1.165, 1.54) is 26.4 Å². The molecule has 0 amide bonds. The fourth-order valence-electron chi connectivity index (χ4n) is 2.71. The zero-order valence-corrected chi connectivity index (χ0v) is 15.8. The Morgan fingerprint density at radius 2 is 1.86 bits per heavy atom. The maximum Gasteiger partial charge on any atom is 0.349 e. The maximum atomic E-state index is 12.4. The minimum absolute atomic E-state index is 0.174. The Morgan fingerprint density at radius 3 is 2.59 bits per heavy atom. The van der Waals surface area contributed by atoms with Gasteiger partial charge in [-0.05, 0) is 35.9 Å². The molecular weight excluding hydrogens is 374 g/mol. The fraction of sp³-hybridized carbons (Fsp3) is 0.136. The van der Waals surface area contributed by atoms with Gasteiger partial charge in [0.25, 0.3) is 0 Å². The van der Waals surface area contributed by atoms with Gasteiger partial charge in [0.1, 0.15) is 35.3 Å². The van der Waals surface area contributed by atoms with Crippen molar-refractivity contribution < 1.29 is 23.4 Å². The average molecular weight is 391 g/mol. The first-order chi connectivity index (χ1) is 14.0. The second kappa shape index (κ2) is 8.76. The topological polar surface area (TPSA) is 98.8 Å². The van der Waals surface area contributed by atoms with Crippen LogP contribution in [0, 0.1) is 11.3 Å². The molecule has 146 valence electrons. The number of hydrogen-bond acceptors (Lipinski definition) is 7. The maximum absolute atomic E-state index is 12.4. The number of hydrogen-bond donors (Lipinski definition) is 0. The van der Waals surface area contributed by atoms with E-state index in [0.717, 1.165) is 0 Å². The van der Waals surface area contributed by atoms with Crippen molar-refractivity contribution in [3.8, 4) is 17.6 Å². The van der Waals surface area contributed by atoms with Crippen molar-refractivity contribution in [3.05, 3.63) is 75.7 Å². The van der Waals surface area contributed by atoms with Crippen LogP contribution >= 0.6 is 0 Å². The second-order valence-corrected chi connectivity index (χ2v) is 5.98.